The summed E-state index contributed by atoms with van der Waals surface area (Å²) in [4.78, 5) is 12.8. The minimum Gasteiger partial charge on any atom is -0.392 e. The zero-order valence-corrected chi connectivity index (χ0v) is 7.16. The van der Waals surface area contributed by atoms with Crippen LogP contribution >= 0.6 is 0 Å². The van der Waals surface area contributed by atoms with Gasteiger partial charge in [0.15, 0.2) is 0 Å². The number of rotatable bonds is 2. The first-order valence-corrected chi connectivity index (χ1v) is 4.05. The van der Waals surface area contributed by atoms with Crippen molar-refractivity contribution in [2.45, 2.75) is 19.4 Å². The molecule has 0 aromatic rings. The average Bonchev–Trinajstić information content (AvgIpc) is 2.31. The third-order valence-corrected chi connectivity index (χ3v) is 1.93. The number of aliphatic hydroxyl groups excluding tert-OH is 1. The van der Waals surface area contributed by atoms with Crippen molar-refractivity contribution in [2.24, 2.45) is 5.92 Å². The molecular formula is C9H13NO2. The molecule has 0 aromatic heterocycles. The van der Waals surface area contributed by atoms with Gasteiger partial charge < -0.3 is 10.0 Å². The molecule has 0 aliphatic carbocycles. The Hall–Kier alpha value is -1.01. The highest BCUT2D eigenvalue weighted by atomic mass is 16.3. The van der Waals surface area contributed by atoms with E-state index in [9.17, 15) is 4.79 Å². The summed E-state index contributed by atoms with van der Waals surface area (Å²) < 4.78 is 0. The monoisotopic (exact) mass is 167 g/mol. The summed E-state index contributed by atoms with van der Waals surface area (Å²) in [5.74, 6) is 2.65. The first kappa shape index (κ1) is 9.08. The second kappa shape index (κ2) is 3.59. The van der Waals surface area contributed by atoms with Gasteiger partial charge in [-0.3, -0.25) is 4.79 Å². The number of β-amino-alcohol motifs (C(OH)–C–C–N with tert-alkyl or cyclic N) is 1. The molecule has 2 unspecified atom stereocenters. The Morgan fingerprint density at radius 2 is 2.58 bits per heavy atom. The fourth-order valence-corrected chi connectivity index (χ4v) is 1.38. The molecule has 66 valence electrons. The summed E-state index contributed by atoms with van der Waals surface area (Å²) in [5.41, 5.74) is 0. The van der Waals surface area contributed by atoms with Gasteiger partial charge in [-0.05, 0) is 6.92 Å². The topological polar surface area (TPSA) is 40.5 Å². The van der Waals surface area contributed by atoms with Crippen molar-refractivity contribution < 1.29 is 9.90 Å². The number of amides is 1. The van der Waals surface area contributed by atoms with Gasteiger partial charge in [-0.2, -0.15) is 0 Å². The Balaban J connectivity index is 2.48. The lowest BCUT2D eigenvalue weighted by molar-refractivity contribution is -0.128. The molecule has 1 saturated heterocycles. The molecule has 1 aliphatic heterocycles. The van der Waals surface area contributed by atoms with E-state index in [4.69, 9.17) is 11.5 Å². The van der Waals surface area contributed by atoms with E-state index in [-0.39, 0.29) is 11.8 Å². The van der Waals surface area contributed by atoms with Gasteiger partial charge >= 0.3 is 0 Å². The largest absolute Gasteiger partial charge is 0.392 e. The number of nitrogens with zero attached hydrogens (tertiary/aromatic N) is 1. The second-order valence-electron chi connectivity index (χ2n) is 3.22. The van der Waals surface area contributed by atoms with Gasteiger partial charge in [0.25, 0.3) is 0 Å². The first-order valence-electron chi connectivity index (χ1n) is 4.05. The minimum absolute atomic E-state index is 0.0382. The van der Waals surface area contributed by atoms with E-state index in [1.807, 2.05) is 0 Å². The van der Waals surface area contributed by atoms with Crippen molar-refractivity contribution in [3.05, 3.63) is 0 Å². The van der Waals surface area contributed by atoms with Gasteiger partial charge in [-0.1, -0.05) is 0 Å². The lowest BCUT2D eigenvalue weighted by Gasteiger charge is -2.17. The van der Waals surface area contributed by atoms with Crippen molar-refractivity contribution >= 4 is 5.91 Å². The summed E-state index contributed by atoms with van der Waals surface area (Å²) in [6.07, 6.45) is 5.16. The van der Waals surface area contributed by atoms with E-state index in [1.165, 1.54) is 0 Å². The van der Waals surface area contributed by atoms with E-state index in [0.717, 1.165) is 0 Å². The van der Waals surface area contributed by atoms with Crippen LogP contribution in [-0.2, 0) is 4.79 Å². The molecule has 3 nitrogen and oxygen atoms in total. The van der Waals surface area contributed by atoms with E-state index in [2.05, 4.69) is 5.92 Å². The number of carbonyl (C=O) groups excluding carboxylic acids is 1. The van der Waals surface area contributed by atoms with Crippen LogP contribution in [0.4, 0.5) is 0 Å². The molecule has 0 spiro atoms. The van der Waals surface area contributed by atoms with Crippen molar-refractivity contribution in [3.8, 4) is 12.3 Å². The smallest absolute Gasteiger partial charge is 0.224 e. The molecule has 0 radical (unpaired) electrons. The van der Waals surface area contributed by atoms with E-state index >= 15 is 0 Å². The predicted molar refractivity (Wildman–Crippen MR) is 45.2 cm³/mol. The van der Waals surface area contributed by atoms with Crippen LogP contribution in [0.2, 0.25) is 0 Å². The third kappa shape index (κ3) is 1.99. The Morgan fingerprint density at radius 3 is 3.00 bits per heavy atom. The van der Waals surface area contributed by atoms with E-state index < -0.39 is 6.10 Å². The average molecular weight is 167 g/mol. The highest BCUT2D eigenvalue weighted by molar-refractivity contribution is 5.79. The number of hydrogen-bond donors (Lipinski definition) is 1. The van der Waals surface area contributed by atoms with E-state index in [1.54, 1.807) is 11.8 Å². The van der Waals surface area contributed by atoms with Crippen LogP contribution in [0.5, 0.6) is 0 Å². The first-order chi connectivity index (χ1) is 5.63. The molecule has 0 bridgehead atoms. The van der Waals surface area contributed by atoms with Crippen LogP contribution in [-0.4, -0.2) is 35.1 Å². The molecule has 3 heteroatoms. The third-order valence-electron chi connectivity index (χ3n) is 1.93. The zero-order chi connectivity index (χ0) is 9.14. The summed E-state index contributed by atoms with van der Waals surface area (Å²) in [5, 5.41) is 9.04. The predicted octanol–water partition coefficient (Wildman–Crippen LogP) is -0.151. The minimum atomic E-state index is -0.467. The van der Waals surface area contributed by atoms with Crippen LogP contribution in [0.25, 0.3) is 0 Å². The maximum atomic E-state index is 11.2. The van der Waals surface area contributed by atoms with Crippen molar-refractivity contribution in [2.75, 3.05) is 13.1 Å². The summed E-state index contributed by atoms with van der Waals surface area (Å²) in [6, 6.07) is 0. The summed E-state index contributed by atoms with van der Waals surface area (Å²) in [7, 11) is 0. The van der Waals surface area contributed by atoms with Crippen molar-refractivity contribution in [1.29, 1.82) is 0 Å². The Morgan fingerprint density at radius 1 is 1.92 bits per heavy atom. The molecule has 0 saturated carbocycles. The van der Waals surface area contributed by atoms with Gasteiger partial charge in [-0.25, -0.2) is 0 Å². The summed E-state index contributed by atoms with van der Waals surface area (Å²) in [6.45, 7) is 2.66. The zero-order valence-electron chi connectivity index (χ0n) is 7.16. The normalized spacial score (nSPS) is 25.6. The molecule has 1 rings (SSSR count). The van der Waals surface area contributed by atoms with Crippen LogP contribution < -0.4 is 0 Å². The quantitative estimate of drug-likeness (QED) is 0.581. The fraction of sp³-hybridized carbons (Fsp3) is 0.667. The van der Waals surface area contributed by atoms with Gasteiger partial charge in [0.2, 0.25) is 5.91 Å². The maximum absolute atomic E-state index is 11.2. The number of terminal acetylenes is 1. The Kier molecular flexibility index (Phi) is 2.72. The van der Waals surface area contributed by atoms with Gasteiger partial charge in [0.1, 0.15) is 0 Å². The molecule has 1 N–H and O–H groups in total. The summed E-state index contributed by atoms with van der Waals surface area (Å²) >= 11 is 0. The highest BCUT2D eigenvalue weighted by Crippen LogP contribution is 2.16. The molecule has 1 fully saturated rings. The molecule has 2 atom stereocenters. The molecular weight excluding hydrogens is 154 g/mol. The number of likely N-dealkylation sites (tertiary alicyclic amines) is 1. The molecule has 0 aromatic carbocycles. The van der Waals surface area contributed by atoms with Crippen molar-refractivity contribution in [1.82, 2.24) is 4.90 Å². The molecule has 12 heavy (non-hydrogen) atoms. The van der Waals surface area contributed by atoms with Crippen LogP contribution in [0.1, 0.15) is 13.3 Å². The SMILES string of the molecule is C#CC1CC(=O)N(CC(C)O)C1. The maximum Gasteiger partial charge on any atom is 0.224 e. The Bertz CT molecular complexity index is 217. The number of carbonyl (C=O) groups is 1. The molecule has 1 heterocycles. The standard InChI is InChI=1S/C9H13NO2/c1-3-8-4-9(12)10(6-8)5-7(2)11/h1,7-8,11H,4-6H2,2H3. The van der Waals surface area contributed by atoms with Crippen LogP contribution in [0, 0.1) is 18.3 Å². The fourth-order valence-electron chi connectivity index (χ4n) is 1.38. The highest BCUT2D eigenvalue weighted by Gasteiger charge is 2.28. The molecule has 1 aliphatic rings. The second-order valence-corrected chi connectivity index (χ2v) is 3.22. The lowest BCUT2D eigenvalue weighted by atomic mass is 10.1. The number of aliphatic hydroxyl groups is 1. The Labute approximate surface area is 72.4 Å². The van der Waals surface area contributed by atoms with Gasteiger partial charge in [-0.15, -0.1) is 12.3 Å². The molecule has 1 amide bonds. The van der Waals surface area contributed by atoms with Crippen LogP contribution in [0.3, 0.4) is 0 Å². The van der Waals surface area contributed by atoms with Crippen LogP contribution in [0.15, 0.2) is 0 Å². The van der Waals surface area contributed by atoms with Gasteiger partial charge in [0.05, 0.1) is 6.10 Å². The van der Waals surface area contributed by atoms with Crippen molar-refractivity contribution in [3.63, 3.8) is 0 Å². The lowest BCUT2D eigenvalue weighted by Crippen LogP contribution is -2.32. The van der Waals surface area contributed by atoms with Gasteiger partial charge in [0, 0.05) is 25.4 Å². The van der Waals surface area contributed by atoms with E-state index in [0.29, 0.717) is 19.5 Å². The number of hydrogen-bond acceptors (Lipinski definition) is 2.